The molecule has 0 spiro atoms. The molecule has 0 unspecified atom stereocenters. The van der Waals surface area contributed by atoms with Gasteiger partial charge in [0.05, 0.1) is 4.90 Å². The standard InChI is InChI=1S/C26H25NO2S/c1-18-10-11-21(26(16-18)30(28,29)27-22-14-15-22)17-25-23-8-4-2-6-19(23)12-13-20-7-3-5-9-24(20)25/h2-11,16-17,22,27H,12-15H2,1H3. The van der Waals surface area contributed by atoms with Gasteiger partial charge in [0, 0.05) is 6.04 Å². The van der Waals surface area contributed by atoms with E-state index < -0.39 is 10.0 Å². The van der Waals surface area contributed by atoms with E-state index in [1.807, 2.05) is 19.1 Å². The van der Waals surface area contributed by atoms with Crippen molar-refractivity contribution in [3.05, 3.63) is 100 Å². The Morgan fingerprint density at radius 3 is 2.07 bits per heavy atom. The third kappa shape index (κ3) is 3.73. The number of hydrogen-bond acceptors (Lipinski definition) is 2. The second kappa shape index (κ2) is 7.53. The smallest absolute Gasteiger partial charge is 0.208 e. The van der Waals surface area contributed by atoms with Gasteiger partial charge in [0.25, 0.3) is 0 Å². The fourth-order valence-electron chi connectivity index (χ4n) is 4.21. The van der Waals surface area contributed by atoms with E-state index in [9.17, 15) is 8.42 Å². The predicted octanol–water partition coefficient (Wildman–Crippen LogP) is 5.12. The lowest BCUT2D eigenvalue weighted by atomic mass is 9.92. The van der Waals surface area contributed by atoms with Gasteiger partial charge < -0.3 is 0 Å². The van der Waals surface area contributed by atoms with E-state index in [4.69, 9.17) is 0 Å². The molecular weight excluding hydrogens is 390 g/mol. The molecule has 0 radical (unpaired) electrons. The number of sulfonamides is 1. The van der Waals surface area contributed by atoms with Crippen LogP contribution in [0.3, 0.4) is 0 Å². The maximum atomic E-state index is 13.1. The number of fused-ring (bicyclic) bond motifs is 2. The molecule has 1 fully saturated rings. The lowest BCUT2D eigenvalue weighted by molar-refractivity contribution is 0.581. The molecule has 1 saturated carbocycles. The molecule has 5 rings (SSSR count). The minimum Gasteiger partial charge on any atom is -0.208 e. The molecule has 3 nitrogen and oxygen atoms in total. The maximum absolute atomic E-state index is 13.1. The second-order valence-corrected chi connectivity index (χ2v) is 9.99. The van der Waals surface area contributed by atoms with Crippen molar-refractivity contribution in [3.8, 4) is 0 Å². The Balaban J connectivity index is 1.72. The Morgan fingerprint density at radius 2 is 1.47 bits per heavy atom. The van der Waals surface area contributed by atoms with Crippen LogP contribution in [0.5, 0.6) is 0 Å². The molecule has 0 heterocycles. The van der Waals surface area contributed by atoms with Crippen LogP contribution in [-0.2, 0) is 22.9 Å². The molecular formula is C26H25NO2S. The molecule has 0 atom stereocenters. The summed E-state index contributed by atoms with van der Waals surface area (Å²) in [4.78, 5) is 0.362. The first-order valence-corrected chi connectivity index (χ1v) is 12.0. The van der Waals surface area contributed by atoms with Crippen molar-refractivity contribution in [1.82, 2.24) is 4.72 Å². The maximum Gasteiger partial charge on any atom is 0.241 e. The van der Waals surface area contributed by atoms with Gasteiger partial charge in [0.1, 0.15) is 0 Å². The van der Waals surface area contributed by atoms with E-state index >= 15 is 0 Å². The molecule has 1 N–H and O–H groups in total. The van der Waals surface area contributed by atoms with Gasteiger partial charge in [-0.1, -0.05) is 60.7 Å². The lowest BCUT2D eigenvalue weighted by Crippen LogP contribution is -2.26. The number of rotatable bonds is 4. The molecule has 0 saturated heterocycles. The average Bonchev–Trinajstić information content (AvgIpc) is 3.56. The highest BCUT2D eigenvalue weighted by Gasteiger charge is 2.29. The van der Waals surface area contributed by atoms with Gasteiger partial charge in [-0.25, -0.2) is 13.1 Å². The van der Waals surface area contributed by atoms with Crippen molar-refractivity contribution in [3.63, 3.8) is 0 Å². The van der Waals surface area contributed by atoms with Crippen LogP contribution in [0, 0.1) is 6.92 Å². The Labute approximate surface area is 178 Å². The topological polar surface area (TPSA) is 46.2 Å². The Hall–Kier alpha value is -2.69. The van der Waals surface area contributed by atoms with Crippen molar-refractivity contribution < 1.29 is 8.42 Å². The quantitative estimate of drug-likeness (QED) is 0.643. The van der Waals surface area contributed by atoms with Gasteiger partial charge in [0.2, 0.25) is 10.0 Å². The third-order valence-electron chi connectivity index (χ3n) is 5.94. The zero-order valence-electron chi connectivity index (χ0n) is 17.1. The van der Waals surface area contributed by atoms with E-state index in [0.717, 1.165) is 42.4 Å². The molecule has 4 heteroatoms. The van der Waals surface area contributed by atoms with Crippen LogP contribution >= 0.6 is 0 Å². The van der Waals surface area contributed by atoms with Gasteiger partial charge in [-0.3, -0.25) is 0 Å². The summed E-state index contributed by atoms with van der Waals surface area (Å²) < 4.78 is 29.1. The summed E-state index contributed by atoms with van der Waals surface area (Å²) in [6, 6.07) is 22.7. The molecule has 3 aromatic rings. The molecule has 3 aromatic carbocycles. The highest BCUT2D eigenvalue weighted by atomic mass is 32.2. The summed E-state index contributed by atoms with van der Waals surface area (Å²) in [6.07, 6.45) is 5.86. The van der Waals surface area contributed by atoms with Crippen LogP contribution in [0.15, 0.2) is 71.6 Å². The minimum atomic E-state index is -3.56. The molecule has 30 heavy (non-hydrogen) atoms. The first kappa shape index (κ1) is 19.3. The Kier molecular flexibility index (Phi) is 4.84. The zero-order chi connectivity index (χ0) is 20.7. The van der Waals surface area contributed by atoms with Crippen LogP contribution < -0.4 is 4.72 Å². The van der Waals surface area contributed by atoms with Crippen molar-refractivity contribution >= 4 is 21.7 Å². The fourth-order valence-corrected chi connectivity index (χ4v) is 5.79. The van der Waals surface area contributed by atoms with E-state index in [0.29, 0.717) is 4.90 Å². The van der Waals surface area contributed by atoms with E-state index in [1.54, 1.807) is 6.07 Å². The normalized spacial score (nSPS) is 15.8. The van der Waals surface area contributed by atoms with Gasteiger partial charge in [-0.15, -0.1) is 0 Å². The summed E-state index contributed by atoms with van der Waals surface area (Å²) in [5.74, 6) is 0. The highest BCUT2D eigenvalue weighted by molar-refractivity contribution is 7.89. The minimum absolute atomic E-state index is 0.0790. The molecule has 2 aliphatic carbocycles. The summed E-state index contributed by atoms with van der Waals surface area (Å²) in [6.45, 7) is 1.93. The third-order valence-corrected chi connectivity index (χ3v) is 7.51. The van der Waals surface area contributed by atoms with Crippen LogP contribution in [0.4, 0.5) is 0 Å². The van der Waals surface area contributed by atoms with Crippen LogP contribution in [0.25, 0.3) is 11.6 Å². The number of benzene rings is 3. The van der Waals surface area contributed by atoms with Crippen LogP contribution in [0.1, 0.15) is 46.2 Å². The largest absolute Gasteiger partial charge is 0.241 e. The van der Waals surface area contributed by atoms with Gasteiger partial charge >= 0.3 is 0 Å². The van der Waals surface area contributed by atoms with E-state index in [-0.39, 0.29) is 6.04 Å². The number of nitrogens with one attached hydrogen (secondary N) is 1. The molecule has 0 amide bonds. The van der Waals surface area contributed by atoms with Crippen molar-refractivity contribution in [1.29, 1.82) is 0 Å². The van der Waals surface area contributed by atoms with Crippen LogP contribution in [-0.4, -0.2) is 14.5 Å². The predicted molar refractivity (Wildman–Crippen MR) is 122 cm³/mol. The number of hydrogen-bond donors (Lipinski definition) is 1. The summed E-state index contributed by atoms with van der Waals surface area (Å²) >= 11 is 0. The molecule has 0 aliphatic heterocycles. The summed E-state index contributed by atoms with van der Waals surface area (Å²) in [7, 11) is -3.56. The first-order valence-electron chi connectivity index (χ1n) is 10.5. The Morgan fingerprint density at radius 1 is 0.867 bits per heavy atom. The molecule has 0 aromatic heterocycles. The average molecular weight is 416 g/mol. The molecule has 152 valence electrons. The van der Waals surface area contributed by atoms with Crippen molar-refractivity contribution in [2.24, 2.45) is 0 Å². The first-order chi connectivity index (χ1) is 14.5. The summed E-state index contributed by atoms with van der Waals surface area (Å²) in [5.41, 5.74) is 7.72. The molecule has 0 bridgehead atoms. The lowest BCUT2D eigenvalue weighted by Gasteiger charge is -2.15. The summed E-state index contributed by atoms with van der Waals surface area (Å²) in [5, 5.41) is 0. The molecule has 2 aliphatic rings. The fraction of sp³-hybridized carbons (Fsp3) is 0.231. The van der Waals surface area contributed by atoms with Crippen molar-refractivity contribution in [2.45, 2.75) is 43.5 Å². The Bertz CT molecular complexity index is 1200. The van der Waals surface area contributed by atoms with E-state index in [2.05, 4.69) is 59.3 Å². The van der Waals surface area contributed by atoms with Crippen LogP contribution in [0.2, 0.25) is 0 Å². The number of aryl methyl sites for hydroxylation is 3. The SMILES string of the molecule is Cc1ccc(C=C2c3ccccc3CCc3ccccc32)c(S(=O)(=O)NC2CC2)c1. The van der Waals surface area contributed by atoms with E-state index in [1.165, 1.54) is 22.3 Å². The monoisotopic (exact) mass is 415 g/mol. The highest BCUT2D eigenvalue weighted by Crippen LogP contribution is 2.36. The van der Waals surface area contributed by atoms with Gasteiger partial charge in [-0.2, -0.15) is 0 Å². The van der Waals surface area contributed by atoms with Gasteiger partial charge in [-0.05, 0) is 83.7 Å². The zero-order valence-corrected chi connectivity index (χ0v) is 17.9. The second-order valence-electron chi connectivity index (χ2n) is 8.31. The van der Waals surface area contributed by atoms with Gasteiger partial charge in [0.15, 0.2) is 0 Å². The van der Waals surface area contributed by atoms with Crippen molar-refractivity contribution in [2.75, 3.05) is 0 Å².